The monoisotopic (exact) mass is 262 g/mol. The number of nitrogens with one attached hydrogen (secondary N) is 2. The molecule has 0 aliphatic carbocycles. The molecule has 0 spiro atoms. The number of amides is 2. The van der Waals surface area contributed by atoms with E-state index in [9.17, 15) is 14.7 Å². The van der Waals surface area contributed by atoms with Crippen LogP contribution in [0, 0.1) is 12.3 Å². The lowest BCUT2D eigenvalue weighted by atomic mass is 10.1. The Morgan fingerprint density at radius 3 is 2.53 bits per heavy atom. The molecule has 1 aromatic carbocycles. The number of terminal acetylenes is 1. The molecule has 6 heteroatoms. The van der Waals surface area contributed by atoms with Gasteiger partial charge in [-0.05, 0) is 32.0 Å². The van der Waals surface area contributed by atoms with E-state index < -0.39 is 17.5 Å². The van der Waals surface area contributed by atoms with Gasteiger partial charge < -0.3 is 20.8 Å². The maximum Gasteiger partial charge on any atom is 0.337 e. The molecule has 0 aliphatic rings. The second-order valence-corrected chi connectivity index (χ2v) is 4.38. The third-order valence-electron chi connectivity index (χ3n) is 2.27. The van der Waals surface area contributed by atoms with Gasteiger partial charge in [0.15, 0.2) is 0 Å². The SMILES string of the molecule is C#CC(C)(C)NC(=O)Nc1ccc(O)cc1C(=O)O. The number of aromatic carboxylic acids is 1. The summed E-state index contributed by atoms with van der Waals surface area (Å²) in [4.78, 5) is 22.7. The Labute approximate surface area is 110 Å². The third-order valence-corrected chi connectivity index (χ3v) is 2.27. The van der Waals surface area contributed by atoms with E-state index in [1.54, 1.807) is 13.8 Å². The van der Waals surface area contributed by atoms with Crippen molar-refractivity contribution in [2.75, 3.05) is 5.32 Å². The first-order valence-corrected chi connectivity index (χ1v) is 5.38. The number of phenolic OH excluding ortho intramolecular Hbond substituents is 1. The lowest BCUT2D eigenvalue weighted by Crippen LogP contribution is -2.44. The second kappa shape index (κ2) is 5.31. The molecule has 0 saturated heterocycles. The maximum absolute atomic E-state index is 11.7. The van der Waals surface area contributed by atoms with Gasteiger partial charge in [-0.2, -0.15) is 0 Å². The summed E-state index contributed by atoms with van der Waals surface area (Å²) in [6, 6.07) is 2.98. The molecule has 6 nitrogen and oxygen atoms in total. The number of phenols is 1. The maximum atomic E-state index is 11.7. The third kappa shape index (κ3) is 3.92. The Morgan fingerprint density at radius 2 is 2.00 bits per heavy atom. The lowest BCUT2D eigenvalue weighted by Gasteiger charge is -2.20. The molecule has 0 fully saturated rings. The van der Waals surface area contributed by atoms with Crippen molar-refractivity contribution in [1.82, 2.24) is 5.32 Å². The standard InChI is InChI=1S/C13H14N2O4/c1-4-13(2,3)15-12(19)14-10-6-5-8(16)7-9(10)11(17)18/h1,5-7,16H,2-3H3,(H,17,18)(H2,14,15,19). The number of carboxylic acid groups (broad SMARTS) is 1. The first-order chi connectivity index (χ1) is 8.75. The normalized spacial score (nSPS) is 10.4. The number of hydrogen-bond donors (Lipinski definition) is 4. The van der Waals surface area contributed by atoms with Crippen molar-refractivity contribution in [3.63, 3.8) is 0 Å². The summed E-state index contributed by atoms with van der Waals surface area (Å²) in [5, 5.41) is 23.1. The van der Waals surface area contributed by atoms with Crippen LogP contribution in [0.15, 0.2) is 18.2 Å². The molecule has 0 atom stereocenters. The summed E-state index contributed by atoms with van der Waals surface area (Å²) in [7, 11) is 0. The predicted octanol–water partition coefficient (Wildman–Crippen LogP) is 1.62. The van der Waals surface area contributed by atoms with E-state index in [1.807, 2.05) is 0 Å². The first kappa shape index (κ1) is 14.4. The van der Waals surface area contributed by atoms with Crippen molar-refractivity contribution in [2.45, 2.75) is 19.4 Å². The van der Waals surface area contributed by atoms with Crippen LogP contribution in [0.3, 0.4) is 0 Å². The Kier molecular flexibility index (Phi) is 4.02. The van der Waals surface area contributed by atoms with Crippen LogP contribution in [0.2, 0.25) is 0 Å². The van der Waals surface area contributed by atoms with Gasteiger partial charge in [0.1, 0.15) is 5.75 Å². The van der Waals surface area contributed by atoms with E-state index in [2.05, 4.69) is 16.6 Å². The molecule has 0 heterocycles. The highest BCUT2D eigenvalue weighted by Gasteiger charge is 2.19. The molecule has 4 N–H and O–H groups in total. The predicted molar refractivity (Wildman–Crippen MR) is 70.1 cm³/mol. The average Bonchev–Trinajstić information content (AvgIpc) is 2.30. The van der Waals surface area contributed by atoms with E-state index in [0.29, 0.717) is 0 Å². The highest BCUT2D eigenvalue weighted by atomic mass is 16.4. The van der Waals surface area contributed by atoms with Crippen LogP contribution in [-0.2, 0) is 0 Å². The van der Waals surface area contributed by atoms with Crippen molar-refractivity contribution < 1.29 is 19.8 Å². The molecule has 0 aromatic heterocycles. The van der Waals surface area contributed by atoms with E-state index >= 15 is 0 Å². The molecule has 0 radical (unpaired) electrons. The fourth-order valence-electron chi connectivity index (χ4n) is 1.29. The number of carboxylic acids is 1. The van der Waals surface area contributed by atoms with Gasteiger partial charge in [0.25, 0.3) is 0 Å². The zero-order valence-corrected chi connectivity index (χ0v) is 10.5. The van der Waals surface area contributed by atoms with E-state index in [0.717, 1.165) is 6.07 Å². The molecule has 19 heavy (non-hydrogen) atoms. The Morgan fingerprint density at radius 1 is 1.37 bits per heavy atom. The molecular formula is C13H14N2O4. The summed E-state index contributed by atoms with van der Waals surface area (Å²) in [5.74, 6) is 0.913. The Hall–Kier alpha value is -2.68. The molecular weight excluding hydrogens is 248 g/mol. The molecule has 1 aromatic rings. The zero-order valence-electron chi connectivity index (χ0n) is 10.5. The lowest BCUT2D eigenvalue weighted by molar-refractivity contribution is 0.0697. The van der Waals surface area contributed by atoms with E-state index in [-0.39, 0.29) is 17.0 Å². The van der Waals surface area contributed by atoms with Crippen molar-refractivity contribution in [2.24, 2.45) is 0 Å². The van der Waals surface area contributed by atoms with Crippen molar-refractivity contribution in [1.29, 1.82) is 0 Å². The minimum absolute atomic E-state index is 0.0654. The number of aromatic hydroxyl groups is 1. The van der Waals surface area contributed by atoms with Crippen molar-refractivity contribution in [3.8, 4) is 18.1 Å². The van der Waals surface area contributed by atoms with E-state index in [1.165, 1.54) is 12.1 Å². The van der Waals surface area contributed by atoms with Crippen LogP contribution in [0.5, 0.6) is 5.75 Å². The molecule has 100 valence electrons. The Bertz CT molecular complexity index is 558. The largest absolute Gasteiger partial charge is 0.508 e. The van der Waals surface area contributed by atoms with Crippen LogP contribution >= 0.6 is 0 Å². The van der Waals surface area contributed by atoms with Gasteiger partial charge in [-0.25, -0.2) is 9.59 Å². The average molecular weight is 262 g/mol. The van der Waals surface area contributed by atoms with Crippen molar-refractivity contribution >= 4 is 17.7 Å². The number of carbonyl (C=O) groups is 2. The molecule has 2 amide bonds. The highest BCUT2D eigenvalue weighted by Crippen LogP contribution is 2.21. The topological polar surface area (TPSA) is 98.7 Å². The van der Waals surface area contributed by atoms with Gasteiger partial charge in [-0.15, -0.1) is 6.42 Å². The Balaban J connectivity index is 2.92. The zero-order chi connectivity index (χ0) is 14.6. The fourth-order valence-corrected chi connectivity index (χ4v) is 1.29. The number of anilines is 1. The minimum atomic E-state index is -1.26. The fraction of sp³-hybridized carbons (Fsp3) is 0.231. The summed E-state index contributed by atoms with van der Waals surface area (Å²) >= 11 is 0. The van der Waals surface area contributed by atoms with Crippen LogP contribution in [0.4, 0.5) is 10.5 Å². The van der Waals surface area contributed by atoms with Gasteiger partial charge in [0.05, 0.1) is 16.8 Å². The molecule has 0 bridgehead atoms. The summed E-state index contributed by atoms with van der Waals surface area (Å²) < 4.78 is 0. The molecule has 0 aliphatic heterocycles. The molecule has 1 rings (SSSR count). The number of carbonyl (C=O) groups excluding carboxylic acids is 1. The minimum Gasteiger partial charge on any atom is -0.508 e. The summed E-state index contributed by atoms with van der Waals surface area (Å²) in [6.07, 6.45) is 5.23. The number of benzene rings is 1. The second-order valence-electron chi connectivity index (χ2n) is 4.38. The van der Waals surface area contributed by atoms with Gasteiger partial charge >= 0.3 is 12.0 Å². The van der Waals surface area contributed by atoms with Gasteiger partial charge in [0.2, 0.25) is 0 Å². The summed E-state index contributed by atoms with van der Waals surface area (Å²) in [6.45, 7) is 3.25. The number of rotatable bonds is 3. The smallest absolute Gasteiger partial charge is 0.337 e. The molecule has 0 unspecified atom stereocenters. The van der Waals surface area contributed by atoms with Gasteiger partial charge in [-0.3, -0.25) is 0 Å². The van der Waals surface area contributed by atoms with Crippen LogP contribution in [0.25, 0.3) is 0 Å². The highest BCUT2D eigenvalue weighted by molar-refractivity contribution is 6.00. The van der Waals surface area contributed by atoms with Crippen LogP contribution < -0.4 is 10.6 Å². The summed E-state index contributed by atoms with van der Waals surface area (Å²) in [5.41, 5.74) is -1.01. The number of hydrogen-bond acceptors (Lipinski definition) is 3. The van der Waals surface area contributed by atoms with Crippen molar-refractivity contribution in [3.05, 3.63) is 23.8 Å². The van der Waals surface area contributed by atoms with Crippen LogP contribution in [-0.4, -0.2) is 27.8 Å². The van der Waals surface area contributed by atoms with E-state index in [4.69, 9.17) is 11.5 Å². The van der Waals surface area contributed by atoms with Gasteiger partial charge in [-0.1, -0.05) is 5.92 Å². The number of urea groups is 1. The quantitative estimate of drug-likeness (QED) is 0.491. The van der Waals surface area contributed by atoms with Crippen LogP contribution in [0.1, 0.15) is 24.2 Å². The molecule has 0 saturated carbocycles. The first-order valence-electron chi connectivity index (χ1n) is 5.38. The van der Waals surface area contributed by atoms with Gasteiger partial charge in [0, 0.05) is 0 Å².